The number of anilines is 2. The number of likely N-dealkylation sites (N-methyl/N-ethyl adjacent to an activating group) is 1. The average molecular weight is 505 g/mol. The number of carbonyl (C=O) groups is 1. The number of para-hydroxylation sites is 1. The van der Waals surface area contributed by atoms with Crippen LogP contribution >= 0.6 is 11.8 Å². The summed E-state index contributed by atoms with van der Waals surface area (Å²) in [7, 11) is -2.14. The van der Waals surface area contributed by atoms with E-state index in [1.165, 1.54) is 28.4 Å². The molecule has 0 saturated carbocycles. The fourth-order valence-electron chi connectivity index (χ4n) is 3.89. The van der Waals surface area contributed by atoms with E-state index in [9.17, 15) is 13.2 Å². The second kappa shape index (κ2) is 11.8. The highest BCUT2D eigenvalue weighted by Crippen LogP contribution is 2.43. The van der Waals surface area contributed by atoms with E-state index < -0.39 is 16.0 Å². The summed E-state index contributed by atoms with van der Waals surface area (Å²) in [6.45, 7) is 4.63. The largest absolute Gasteiger partial charge is 0.464 e. The molecular formula is C25H32N2O5S2. The summed E-state index contributed by atoms with van der Waals surface area (Å²) in [6, 6.07) is 13.1. The molecule has 0 aromatic heterocycles. The van der Waals surface area contributed by atoms with Gasteiger partial charge in [-0.3, -0.25) is 0 Å². The Morgan fingerprint density at radius 3 is 2.59 bits per heavy atom. The summed E-state index contributed by atoms with van der Waals surface area (Å²) < 4.78 is 39.6. The van der Waals surface area contributed by atoms with Crippen LogP contribution < -0.4 is 9.64 Å². The zero-order valence-corrected chi connectivity index (χ0v) is 21.7. The molecule has 1 unspecified atom stereocenters. The molecule has 0 aliphatic carbocycles. The molecule has 0 radical (unpaired) electrons. The lowest BCUT2D eigenvalue weighted by Gasteiger charge is -2.29. The predicted molar refractivity (Wildman–Crippen MR) is 136 cm³/mol. The van der Waals surface area contributed by atoms with Crippen LogP contribution in [-0.2, 0) is 19.6 Å². The molecule has 2 aromatic carbocycles. The molecule has 1 atom stereocenters. The van der Waals surface area contributed by atoms with Crippen LogP contribution in [0.25, 0.3) is 0 Å². The fraction of sp³-hybridized carbons (Fsp3) is 0.400. The first-order valence-corrected chi connectivity index (χ1v) is 14.0. The first kappa shape index (κ1) is 26.1. The SMILES string of the molecule is CCCCC1CN(c2ccccc2)c2cc(SC)c(O/C=C/C(=O)OCC)cc2S(=O)(=O)N1C. The van der Waals surface area contributed by atoms with Crippen molar-refractivity contribution in [2.75, 3.05) is 31.4 Å². The molecular weight excluding hydrogens is 472 g/mol. The lowest BCUT2D eigenvalue weighted by Crippen LogP contribution is -2.40. The second-order valence-corrected chi connectivity index (χ2v) is 10.7. The van der Waals surface area contributed by atoms with Crippen molar-refractivity contribution in [1.82, 2.24) is 4.31 Å². The van der Waals surface area contributed by atoms with Crippen molar-refractivity contribution in [2.45, 2.75) is 48.9 Å². The molecule has 0 saturated heterocycles. The van der Waals surface area contributed by atoms with Gasteiger partial charge in [-0.2, -0.15) is 4.31 Å². The van der Waals surface area contributed by atoms with Gasteiger partial charge in [-0.05, 0) is 37.8 Å². The van der Waals surface area contributed by atoms with Gasteiger partial charge < -0.3 is 14.4 Å². The maximum atomic E-state index is 13.7. The van der Waals surface area contributed by atoms with Crippen molar-refractivity contribution in [3.8, 4) is 5.75 Å². The van der Waals surface area contributed by atoms with E-state index in [0.29, 0.717) is 18.0 Å². The van der Waals surface area contributed by atoms with E-state index in [4.69, 9.17) is 9.47 Å². The molecule has 0 spiro atoms. The highest BCUT2D eigenvalue weighted by molar-refractivity contribution is 7.98. The van der Waals surface area contributed by atoms with E-state index in [1.54, 1.807) is 20.0 Å². The van der Waals surface area contributed by atoms with Crippen LogP contribution in [-0.4, -0.2) is 51.2 Å². The maximum Gasteiger partial charge on any atom is 0.333 e. The molecule has 0 bridgehead atoms. The predicted octanol–water partition coefficient (Wildman–Crippen LogP) is 5.20. The van der Waals surface area contributed by atoms with Gasteiger partial charge in [-0.15, -0.1) is 11.8 Å². The third-order valence-electron chi connectivity index (χ3n) is 5.75. The van der Waals surface area contributed by atoms with Crippen LogP contribution in [0.5, 0.6) is 5.75 Å². The number of carbonyl (C=O) groups excluding carboxylic acids is 1. The van der Waals surface area contributed by atoms with E-state index in [-0.39, 0.29) is 17.5 Å². The summed E-state index contributed by atoms with van der Waals surface area (Å²) in [4.78, 5) is 14.6. The Morgan fingerprint density at radius 2 is 1.94 bits per heavy atom. The molecule has 34 heavy (non-hydrogen) atoms. The average Bonchev–Trinajstić information content (AvgIpc) is 2.91. The number of esters is 1. The first-order chi connectivity index (χ1) is 16.3. The summed E-state index contributed by atoms with van der Waals surface area (Å²) in [6.07, 6.45) is 7.00. The van der Waals surface area contributed by atoms with Gasteiger partial charge in [-0.1, -0.05) is 38.0 Å². The van der Waals surface area contributed by atoms with Crippen LogP contribution in [0.15, 0.2) is 64.6 Å². The molecule has 1 aliphatic heterocycles. The summed E-state index contributed by atoms with van der Waals surface area (Å²) >= 11 is 1.45. The lowest BCUT2D eigenvalue weighted by atomic mass is 10.1. The molecule has 1 heterocycles. The molecule has 0 fully saturated rings. The van der Waals surface area contributed by atoms with Gasteiger partial charge in [0.15, 0.2) is 0 Å². The third-order valence-corrected chi connectivity index (χ3v) is 8.44. The molecule has 9 heteroatoms. The van der Waals surface area contributed by atoms with E-state index in [2.05, 4.69) is 11.8 Å². The lowest BCUT2D eigenvalue weighted by molar-refractivity contribution is -0.137. The zero-order valence-electron chi connectivity index (χ0n) is 20.1. The maximum absolute atomic E-state index is 13.7. The standard InChI is InChI=1S/C25H32N2O5S2/c1-5-7-11-20-18-27(19-12-9-8-10-13-19)21-16-23(33-4)22(32-15-14-25(28)31-6-2)17-24(21)34(29,30)26(20)3/h8-10,12-17,20H,5-7,11,18H2,1-4H3/b15-14+. The van der Waals surface area contributed by atoms with Gasteiger partial charge in [0.25, 0.3) is 0 Å². The molecule has 0 N–H and O–H groups in total. The third kappa shape index (κ3) is 5.76. The highest BCUT2D eigenvalue weighted by Gasteiger charge is 2.37. The van der Waals surface area contributed by atoms with Gasteiger partial charge in [0.1, 0.15) is 10.6 Å². The second-order valence-electron chi connectivity index (χ2n) is 7.91. The Bertz CT molecular complexity index is 1120. The monoisotopic (exact) mass is 504 g/mol. The molecule has 184 valence electrons. The minimum atomic E-state index is -3.79. The topological polar surface area (TPSA) is 76.1 Å². The van der Waals surface area contributed by atoms with Gasteiger partial charge in [0.05, 0.1) is 29.5 Å². The molecule has 3 rings (SSSR count). The van der Waals surface area contributed by atoms with E-state index >= 15 is 0 Å². The number of benzene rings is 2. The van der Waals surface area contributed by atoms with E-state index in [1.807, 2.05) is 42.7 Å². The first-order valence-electron chi connectivity index (χ1n) is 11.4. The van der Waals surface area contributed by atoms with Crippen LogP contribution in [0.2, 0.25) is 0 Å². The Balaban J connectivity index is 2.13. The summed E-state index contributed by atoms with van der Waals surface area (Å²) in [5, 5.41) is 0. The van der Waals surface area contributed by atoms with Gasteiger partial charge in [0.2, 0.25) is 10.0 Å². The molecule has 1 aliphatic rings. The molecule has 2 aromatic rings. The van der Waals surface area contributed by atoms with Crippen molar-refractivity contribution in [2.24, 2.45) is 0 Å². The van der Waals surface area contributed by atoms with Crippen molar-refractivity contribution in [3.05, 3.63) is 54.8 Å². The fourth-order valence-corrected chi connectivity index (χ4v) is 6.00. The Kier molecular flexibility index (Phi) is 9.04. The van der Waals surface area contributed by atoms with Crippen molar-refractivity contribution in [1.29, 1.82) is 0 Å². The number of nitrogens with zero attached hydrogens (tertiary/aromatic N) is 2. The minimum Gasteiger partial charge on any atom is -0.464 e. The number of ether oxygens (including phenoxy) is 2. The van der Waals surface area contributed by atoms with Crippen molar-refractivity contribution in [3.63, 3.8) is 0 Å². The molecule has 0 amide bonds. The number of unbranched alkanes of at least 4 members (excludes halogenated alkanes) is 1. The Hall–Kier alpha value is -2.49. The number of hydrogen-bond donors (Lipinski definition) is 0. The van der Waals surface area contributed by atoms with Crippen molar-refractivity contribution < 1.29 is 22.7 Å². The van der Waals surface area contributed by atoms with Gasteiger partial charge in [0, 0.05) is 31.4 Å². The summed E-state index contributed by atoms with van der Waals surface area (Å²) in [5.41, 5.74) is 1.54. The van der Waals surface area contributed by atoms with Gasteiger partial charge in [-0.25, -0.2) is 13.2 Å². The van der Waals surface area contributed by atoms with Crippen LogP contribution in [0.3, 0.4) is 0 Å². The van der Waals surface area contributed by atoms with E-state index in [0.717, 1.165) is 29.8 Å². The quantitative estimate of drug-likeness (QED) is 0.201. The number of hydrogen-bond acceptors (Lipinski definition) is 7. The van der Waals surface area contributed by atoms with Crippen LogP contribution in [0, 0.1) is 0 Å². The minimum absolute atomic E-state index is 0.176. The Morgan fingerprint density at radius 1 is 1.21 bits per heavy atom. The molecule has 7 nitrogen and oxygen atoms in total. The van der Waals surface area contributed by atoms with Crippen LogP contribution in [0.1, 0.15) is 33.1 Å². The van der Waals surface area contributed by atoms with Gasteiger partial charge >= 0.3 is 5.97 Å². The van der Waals surface area contributed by atoms with Crippen molar-refractivity contribution >= 4 is 39.1 Å². The summed E-state index contributed by atoms with van der Waals surface area (Å²) in [5.74, 6) is -0.159. The highest BCUT2D eigenvalue weighted by atomic mass is 32.2. The number of rotatable bonds is 9. The van der Waals surface area contributed by atoms with Crippen LogP contribution in [0.4, 0.5) is 11.4 Å². The zero-order chi connectivity index (χ0) is 24.7. The number of fused-ring (bicyclic) bond motifs is 1. The number of thioether (sulfide) groups is 1. The Labute approximate surface area is 206 Å². The smallest absolute Gasteiger partial charge is 0.333 e. The number of sulfonamides is 1. The normalized spacial score (nSPS) is 17.9.